The van der Waals surface area contributed by atoms with E-state index in [1.165, 1.54) is 18.5 Å². The van der Waals surface area contributed by atoms with E-state index in [-0.39, 0.29) is 0 Å². The lowest BCUT2D eigenvalue weighted by Gasteiger charge is -1.95. The van der Waals surface area contributed by atoms with Gasteiger partial charge in [-0.1, -0.05) is 13.3 Å². The first kappa shape index (κ1) is 7.65. The molecule has 1 aromatic rings. The quantitative estimate of drug-likeness (QED) is 0.702. The fraction of sp³-hybridized carbons (Fsp3) is 0.667. The van der Waals surface area contributed by atoms with Crippen LogP contribution in [-0.2, 0) is 0 Å². The van der Waals surface area contributed by atoms with Gasteiger partial charge < -0.3 is 5.73 Å². The highest BCUT2D eigenvalue weighted by Gasteiger charge is 2.39. The first-order chi connectivity index (χ1) is 5.74. The molecule has 1 aliphatic carbocycles. The molecular weight excluding hydrogens is 150 g/mol. The molecule has 0 saturated heterocycles. The summed E-state index contributed by atoms with van der Waals surface area (Å²) in [5.41, 5.74) is 8.06. The number of hydrogen-bond acceptors (Lipinski definition) is 2. The molecule has 2 atom stereocenters. The lowest BCUT2D eigenvalue weighted by molar-refractivity contribution is 0.752. The predicted octanol–water partition coefficient (Wildman–Crippen LogP) is 1.81. The predicted molar refractivity (Wildman–Crippen MR) is 48.9 cm³/mol. The number of nitrogens with zero attached hydrogens (tertiary/aromatic N) is 1. The molecular formula is C9H15N3. The summed E-state index contributed by atoms with van der Waals surface area (Å²) in [5, 5.41) is 7.02. The fourth-order valence-corrected chi connectivity index (χ4v) is 1.84. The Morgan fingerprint density at radius 1 is 1.67 bits per heavy atom. The first-order valence-electron chi connectivity index (χ1n) is 4.54. The Bertz CT molecular complexity index is 290. The largest absolute Gasteiger partial charge is 0.382 e. The molecule has 3 N–H and O–H groups in total. The van der Waals surface area contributed by atoms with Crippen LogP contribution in [0.3, 0.4) is 0 Å². The zero-order valence-corrected chi connectivity index (χ0v) is 7.59. The van der Waals surface area contributed by atoms with Crippen molar-refractivity contribution in [2.45, 2.75) is 32.6 Å². The van der Waals surface area contributed by atoms with Crippen molar-refractivity contribution in [1.29, 1.82) is 0 Å². The molecule has 3 heteroatoms. The number of H-pyrrole nitrogens is 1. The lowest BCUT2D eigenvalue weighted by atomic mass is 10.1. The van der Waals surface area contributed by atoms with Gasteiger partial charge in [0.2, 0.25) is 0 Å². The van der Waals surface area contributed by atoms with Crippen LogP contribution in [0.15, 0.2) is 0 Å². The molecule has 0 spiro atoms. The molecule has 1 aliphatic rings. The van der Waals surface area contributed by atoms with E-state index in [2.05, 4.69) is 17.1 Å². The SMILES string of the molecule is CC[C@@H]1C[C@H]1c1[nH]nc(N)c1C. The number of nitrogens with two attached hydrogens (primary N) is 1. The van der Waals surface area contributed by atoms with E-state index in [0.717, 1.165) is 11.5 Å². The van der Waals surface area contributed by atoms with E-state index in [4.69, 9.17) is 5.73 Å². The minimum atomic E-state index is 0.659. The maximum Gasteiger partial charge on any atom is 0.148 e. The molecule has 3 nitrogen and oxygen atoms in total. The van der Waals surface area contributed by atoms with Crippen molar-refractivity contribution >= 4 is 5.82 Å². The Kier molecular flexibility index (Phi) is 1.60. The average molecular weight is 165 g/mol. The number of anilines is 1. The van der Waals surface area contributed by atoms with Crippen LogP contribution in [0.25, 0.3) is 0 Å². The van der Waals surface area contributed by atoms with Gasteiger partial charge in [0.05, 0.1) is 0 Å². The highest BCUT2D eigenvalue weighted by Crippen LogP contribution is 2.49. The van der Waals surface area contributed by atoms with Crippen molar-refractivity contribution in [1.82, 2.24) is 10.2 Å². The minimum Gasteiger partial charge on any atom is -0.382 e. The van der Waals surface area contributed by atoms with Crippen LogP contribution in [0.1, 0.15) is 36.9 Å². The highest BCUT2D eigenvalue weighted by molar-refractivity contribution is 5.43. The summed E-state index contributed by atoms with van der Waals surface area (Å²) in [6, 6.07) is 0. The maximum atomic E-state index is 5.65. The molecule has 1 saturated carbocycles. The normalized spacial score (nSPS) is 27.5. The van der Waals surface area contributed by atoms with Gasteiger partial charge in [0.1, 0.15) is 5.82 Å². The van der Waals surface area contributed by atoms with Crippen LogP contribution in [0, 0.1) is 12.8 Å². The number of hydrogen-bond donors (Lipinski definition) is 2. The minimum absolute atomic E-state index is 0.659. The molecule has 0 aromatic carbocycles. The van der Waals surface area contributed by atoms with E-state index in [1.807, 2.05) is 6.92 Å². The van der Waals surface area contributed by atoms with Gasteiger partial charge in [0, 0.05) is 17.2 Å². The van der Waals surface area contributed by atoms with E-state index >= 15 is 0 Å². The highest BCUT2D eigenvalue weighted by atomic mass is 15.2. The summed E-state index contributed by atoms with van der Waals surface area (Å²) in [4.78, 5) is 0. The summed E-state index contributed by atoms with van der Waals surface area (Å²) in [6.07, 6.45) is 2.57. The number of aromatic amines is 1. The van der Waals surface area contributed by atoms with Crippen molar-refractivity contribution < 1.29 is 0 Å². The zero-order valence-electron chi connectivity index (χ0n) is 7.59. The van der Waals surface area contributed by atoms with Gasteiger partial charge in [-0.2, -0.15) is 5.10 Å². The lowest BCUT2D eigenvalue weighted by Crippen LogP contribution is -1.88. The van der Waals surface area contributed by atoms with Gasteiger partial charge in [-0.05, 0) is 19.3 Å². The average Bonchev–Trinajstić information content (AvgIpc) is 2.77. The van der Waals surface area contributed by atoms with Gasteiger partial charge in [-0.3, -0.25) is 5.10 Å². The molecule has 1 fully saturated rings. The second-order valence-corrected chi connectivity index (χ2v) is 3.66. The van der Waals surface area contributed by atoms with Crippen molar-refractivity contribution in [3.8, 4) is 0 Å². The first-order valence-corrected chi connectivity index (χ1v) is 4.54. The molecule has 12 heavy (non-hydrogen) atoms. The third kappa shape index (κ3) is 1.00. The Balaban J connectivity index is 2.20. The van der Waals surface area contributed by atoms with Crippen LogP contribution < -0.4 is 5.73 Å². The smallest absolute Gasteiger partial charge is 0.148 e. The standard InChI is InChI=1S/C9H15N3/c1-3-6-4-7(6)8-5(2)9(10)12-11-8/h6-7H,3-4H2,1-2H3,(H3,10,11,12)/t6-,7-/m1/s1. The Morgan fingerprint density at radius 2 is 2.42 bits per heavy atom. The van der Waals surface area contributed by atoms with Crippen LogP contribution in [0.4, 0.5) is 5.82 Å². The van der Waals surface area contributed by atoms with Gasteiger partial charge in [-0.25, -0.2) is 0 Å². The fourth-order valence-electron chi connectivity index (χ4n) is 1.84. The van der Waals surface area contributed by atoms with Crippen LogP contribution >= 0.6 is 0 Å². The molecule has 2 rings (SSSR count). The Labute approximate surface area is 72.4 Å². The molecule has 66 valence electrons. The van der Waals surface area contributed by atoms with E-state index in [1.54, 1.807) is 0 Å². The van der Waals surface area contributed by atoms with Gasteiger partial charge in [-0.15, -0.1) is 0 Å². The molecule has 1 heterocycles. The molecule has 0 aliphatic heterocycles. The number of nitrogen functional groups attached to an aromatic ring is 1. The van der Waals surface area contributed by atoms with Gasteiger partial charge in [0.25, 0.3) is 0 Å². The second kappa shape index (κ2) is 2.51. The van der Waals surface area contributed by atoms with Gasteiger partial charge in [0.15, 0.2) is 0 Å². The second-order valence-electron chi connectivity index (χ2n) is 3.66. The van der Waals surface area contributed by atoms with Crippen molar-refractivity contribution in [3.05, 3.63) is 11.3 Å². The summed E-state index contributed by atoms with van der Waals surface area (Å²) in [5.74, 6) is 2.23. The van der Waals surface area contributed by atoms with E-state index < -0.39 is 0 Å². The number of aromatic nitrogens is 2. The summed E-state index contributed by atoms with van der Waals surface area (Å²) in [7, 11) is 0. The van der Waals surface area contributed by atoms with Crippen molar-refractivity contribution in [2.24, 2.45) is 5.92 Å². The summed E-state index contributed by atoms with van der Waals surface area (Å²) in [6.45, 7) is 4.28. The molecule has 1 aromatic heterocycles. The maximum absolute atomic E-state index is 5.65. The monoisotopic (exact) mass is 165 g/mol. The topological polar surface area (TPSA) is 54.7 Å². The number of rotatable bonds is 2. The van der Waals surface area contributed by atoms with Crippen molar-refractivity contribution in [3.63, 3.8) is 0 Å². The Morgan fingerprint density at radius 3 is 2.83 bits per heavy atom. The third-order valence-electron chi connectivity index (χ3n) is 2.90. The van der Waals surface area contributed by atoms with Crippen LogP contribution in [0.2, 0.25) is 0 Å². The molecule has 0 unspecified atom stereocenters. The summed E-state index contributed by atoms with van der Waals surface area (Å²) >= 11 is 0. The third-order valence-corrected chi connectivity index (χ3v) is 2.90. The van der Waals surface area contributed by atoms with E-state index in [0.29, 0.717) is 11.7 Å². The number of nitrogens with one attached hydrogen (secondary N) is 1. The molecule has 0 radical (unpaired) electrons. The van der Waals surface area contributed by atoms with Crippen molar-refractivity contribution in [2.75, 3.05) is 5.73 Å². The van der Waals surface area contributed by atoms with Crippen LogP contribution in [-0.4, -0.2) is 10.2 Å². The summed E-state index contributed by atoms with van der Waals surface area (Å²) < 4.78 is 0. The molecule has 0 amide bonds. The van der Waals surface area contributed by atoms with Crippen LogP contribution in [0.5, 0.6) is 0 Å². The zero-order chi connectivity index (χ0) is 8.72. The Hall–Kier alpha value is -0.990. The van der Waals surface area contributed by atoms with Gasteiger partial charge >= 0.3 is 0 Å². The van der Waals surface area contributed by atoms with E-state index in [9.17, 15) is 0 Å². The molecule has 0 bridgehead atoms.